The van der Waals surface area contributed by atoms with Crippen LogP contribution in [0, 0.1) is 0 Å². The van der Waals surface area contributed by atoms with E-state index in [-0.39, 0.29) is 4.90 Å². The molecular weight excluding hydrogens is 386 g/mol. The molecule has 0 unspecified atom stereocenters. The Balaban J connectivity index is 1.54. The quantitative estimate of drug-likeness (QED) is 0.721. The number of hydrogen-bond acceptors (Lipinski definition) is 5. The van der Waals surface area contributed by atoms with Gasteiger partial charge in [0, 0.05) is 31.9 Å². The molecule has 2 aromatic carbocycles. The minimum atomic E-state index is -3.64. The van der Waals surface area contributed by atoms with Crippen LogP contribution in [0.1, 0.15) is 11.1 Å². The summed E-state index contributed by atoms with van der Waals surface area (Å²) < 4.78 is 52.1. The van der Waals surface area contributed by atoms with Crippen molar-refractivity contribution in [1.82, 2.24) is 9.62 Å². The maximum absolute atomic E-state index is 12.4. The first-order valence-corrected chi connectivity index (χ1v) is 12.0. The van der Waals surface area contributed by atoms with Gasteiger partial charge in [0.15, 0.2) is 0 Å². The molecule has 0 spiro atoms. The predicted molar refractivity (Wildman–Crippen MR) is 106 cm³/mol. The van der Waals surface area contributed by atoms with E-state index in [0.717, 1.165) is 25.8 Å². The molecule has 27 heavy (non-hydrogen) atoms. The van der Waals surface area contributed by atoms with E-state index in [1.807, 2.05) is 12.1 Å². The molecule has 7 nitrogen and oxygen atoms in total. The zero-order valence-electron chi connectivity index (χ0n) is 15.1. The van der Waals surface area contributed by atoms with Gasteiger partial charge in [-0.2, -0.15) is 0 Å². The smallest absolute Gasteiger partial charge is 0.240 e. The molecule has 0 fully saturated rings. The number of rotatable bonds is 7. The molecule has 0 atom stereocenters. The lowest BCUT2D eigenvalue weighted by Crippen LogP contribution is -2.37. The summed E-state index contributed by atoms with van der Waals surface area (Å²) >= 11 is 0. The van der Waals surface area contributed by atoms with Gasteiger partial charge in [-0.15, -0.1) is 0 Å². The monoisotopic (exact) mass is 409 g/mol. The highest BCUT2D eigenvalue weighted by Crippen LogP contribution is 2.18. The zero-order valence-corrected chi connectivity index (χ0v) is 16.7. The molecule has 9 heteroatoms. The first kappa shape index (κ1) is 19.8. The zero-order chi connectivity index (χ0) is 19.5. The van der Waals surface area contributed by atoms with Crippen LogP contribution < -0.4 is 9.44 Å². The first-order valence-electron chi connectivity index (χ1n) is 8.60. The minimum absolute atomic E-state index is 0.102. The fraction of sp³-hybridized carbons (Fsp3) is 0.333. The summed E-state index contributed by atoms with van der Waals surface area (Å²) in [6.07, 6.45) is 2.01. The van der Waals surface area contributed by atoms with Gasteiger partial charge in [0.1, 0.15) is 0 Å². The van der Waals surface area contributed by atoms with Crippen LogP contribution >= 0.6 is 0 Å². The largest absolute Gasteiger partial charge is 0.297 e. The van der Waals surface area contributed by atoms with Crippen molar-refractivity contribution in [3.63, 3.8) is 0 Å². The lowest BCUT2D eigenvalue weighted by molar-refractivity contribution is 0.258. The first-order chi connectivity index (χ1) is 12.7. The molecule has 0 amide bonds. The van der Waals surface area contributed by atoms with Gasteiger partial charge in [0.05, 0.1) is 11.2 Å². The Bertz CT molecular complexity index is 1000. The number of sulfonamides is 2. The maximum atomic E-state index is 12.4. The standard InChI is InChI=1S/C18H23N3O4S2/c1-26(22,23)20-17-6-8-18(9-7-17)27(24,25)19-11-13-21-12-10-15-4-2-3-5-16(15)14-21/h2-9,19-20H,10-14H2,1H3. The summed E-state index contributed by atoms with van der Waals surface area (Å²) in [5.41, 5.74) is 2.97. The lowest BCUT2D eigenvalue weighted by Gasteiger charge is -2.28. The second-order valence-corrected chi connectivity index (χ2v) is 10.1. The molecule has 0 saturated carbocycles. The van der Waals surface area contributed by atoms with Gasteiger partial charge >= 0.3 is 0 Å². The molecule has 1 aliphatic rings. The SMILES string of the molecule is CS(=O)(=O)Nc1ccc(S(=O)(=O)NCCN2CCc3ccccc3C2)cc1. The van der Waals surface area contributed by atoms with Crippen molar-refractivity contribution in [2.45, 2.75) is 17.9 Å². The highest BCUT2D eigenvalue weighted by atomic mass is 32.2. The van der Waals surface area contributed by atoms with Crippen molar-refractivity contribution >= 4 is 25.7 Å². The molecule has 1 aliphatic heterocycles. The van der Waals surface area contributed by atoms with Crippen molar-refractivity contribution in [3.8, 4) is 0 Å². The second-order valence-electron chi connectivity index (χ2n) is 6.59. The molecule has 1 heterocycles. The number of benzene rings is 2. The molecule has 0 saturated heterocycles. The van der Waals surface area contributed by atoms with Crippen molar-refractivity contribution in [2.75, 3.05) is 30.6 Å². The summed E-state index contributed by atoms with van der Waals surface area (Å²) in [5, 5.41) is 0. The van der Waals surface area contributed by atoms with Gasteiger partial charge in [-0.25, -0.2) is 21.6 Å². The Kier molecular flexibility index (Phi) is 5.85. The number of hydrogen-bond donors (Lipinski definition) is 2. The third kappa shape index (κ3) is 5.52. The fourth-order valence-electron chi connectivity index (χ4n) is 3.08. The summed E-state index contributed by atoms with van der Waals surface area (Å²) in [6.45, 7) is 2.67. The van der Waals surface area contributed by atoms with Crippen molar-refractivity contribution in [2.24, 2.45) is 0 Å². The van der Waals surface area contributed by atoms with E-state index in [1.54, 1.807) is 0 Å². The van der Waals surface area contributed by atoms with Crippen LogP contribution in [-0.4, -0.2) is 47.6 Å². The predicted octanol–water partition coefficient (Wildman–Crippen LogP) is 1.39. The van der Waals surface area contributed by atoms with Gasteiger partial charge in [0.2, 0.25) is 20.0 Å². The van der Waals surface area contributed by atoms with Gasteiger partial charge < -0.3 is 0 Å². The van der Waals surface area contributed by atoms with E-state index < -0.39 is 20.0 Å². The van der Waals surface area contributed by atoms with Crippen LogP contribution in [0.4, 0.5) is 5.69 Å². The van der Waals surface area contributed by atoms with Crippen LogP contribution in [0.25, 0.3) is 0 Å². The Labute approximate surface area is 160 Å². The van der Waals surface area contributed by atoms with Crippen LogP contribution in [0.15, 0.2) is 53.4 Å². The summed E-state index contributed by atoms with van der Waals surface area (Å²) in [7, 11) is -7.03. The molecule has 0 radical (unpaired) electrons. The van der Waals surface area contributed by atoms with E-state index in [4.69, 9.17) is 0 Å². The molecule has 0 aromatic heterocycles. The van der Waals surface area contributed by atoms with Crippen molar-refractivity contribution < 1.29 is 16.8 Å². The van der Waals surface area contributed by atoms with Crippen LogP contribution in [0.5, 0.6) is 0 Å². The van der Waals surface area contributed by atoms with E-state index in [1.165, 1.54) is 35.4 Å². The van der Waals surface area contributed by atoms with E-state index >= 15 is 0 Å². The molecule has 0 aliphatic carbocycles. The molecule has 0 bridgehead atoms. The van der Waals surface area contributed by atoms with Crippen LogP contribution in [-0.2, 0) is 33.0 Å². The molecule has 2 N–H and O–H groups in total. The third-order valence-corrected chi connectivity index (χ3v) is 6.48. The van der Waals surface area contributed by atoms with Crippen LogP contribution in [0.3, 0.4) is 0 Å². The fourth-order valence-corrected chi connectivity index (χ4v) is 4.67. The Morgan fingerprint density at radius 3 is 2.30 bits per heavy atom. The molecule has 3 rings (SSSR count). The molecular formula is C18H23N3O4S2. The Morgan fingerprint density at radius 1 is 0.963 bits per heavy atom. The average Bonchev–Trinajstić information content (AvgIpc) is 2.60. The van der Waals surface area contributed by atoms with Gasteiger partial charge in [-0.05, 0) is 41.8 Å². The number of fused-ring (bicyclic) bond motifs is 1. The second kappa shape index (κ2) is 7.97. The highest BCUT2D eigenvalue weighted by Gasteiger charge is 2.17. The number of nitrogens with one attached hydrogen (secondary N) is 2. The van der Waals surface area contributed by atoms with Gasteiger partial charge in [-0.3, -0.25) is 9.62 Å². The Hall–Kier alpha value is -1.94. The van der Waals surface area contributed by atoms with Crippen molar-refractivity contribution in [1.29, 1.82) is 0 Å². The summed E-state index contributed by atoms with van der Waals surface area (Å²) in [5.74, 6) is 0. The molecule has 146 valence electrons. The third-order valence-electron chi connectivity index (χ3n) is 4.40. The Morgan fingerprint density at radius 2 is 1.63 bits per heavy atom. The van der Waals surface area contributed by atoms with Crippen molar-refractivity contribution in [3.05, 3.63) is 59.7 Å². The van der Waals surface area contributed by atoms with Crippen LogP contribution in [0.2, 0.25) is 0 Å². The normalized spacial score (nSPS) is 15.3. The van der Waals surface area contributed by atoms with Gasteiger partial charge in [-0.1, -0.05) is 24.3 Å². The van der Waals surface area contributed by atoms with Gasteiger partial charge in [0.25, 0.3) is 0 Å². The average molecular weight is 410 g/mol. The number of anilines is 1. The molecule has 2 aromatic rings. The lowest BCUT2D eigenvalue weighted by atomic mass is 10.0. The summed E-state index contributed by atoms with van der Waals surface area (Å²) in [6, 6.07) is 13.9. The maximum Gasteiger partial charge on any atom is 0.240 e. The number of nitrogens with zero attached hydrogens (tertiary/aromatic N) is 1. The van der Waals surface area contributed by atoms with E-state index in [9.17, 15) is 16.8 Å². The summed E-state index contributed by atoms with van der Waals surface area (Å²) in [4.78, 5) is 2.33. The van der Waals surface area contributed by atoms with E-state index in [2.05, 4.69) is 26.5 Å². The minimum Gasteiger partial charge on any atom is -0.297 e. The highest BCUT2D eigenvalue weighted by molar-refractivity contribution is 7.92. The topological polar surface area (TPSA) is 95.6 Å². The van der Waals surface area contributed by atoms with E-state index in [0.29, 0.717) is 18.8 Å².